The highest BCUT2D eigenvalue weighted by molar-refractivity contribution is 8.93. The highest BCUT2D eigenvalue weighted by Gasteiger charge is 2.22. The van der Waals surface area contributed by atoms with Crippen molar-refractivity contribution in [1.29, 1.82) is 0 Å². The van der Waals surface area contributed by atoms with Crippen molar-refractivity contribution in [2.75, 3.05) is 26.2 Å². The van der Waals surface area contributed by atoms with E-state index in [1.54, 1.807) is 12.3 Å². The van der Waals surface area contributed by atoms with Crippen molar-refractivity contribution < 1.29 is 14.3 Å². The Morgan fingerprint density at radius 1 is 0.909 bits per heavy atom. The van der Waals surface area contributed by atoms with Crippen LogP contribution in [0.4, 0.5) is 0 Å². The van der Waals surface area contributed by atoms with E-state index in [0.717, 1.165) is 41.3 Å². The molecular formula is C35H36BrCl2N3O3. The second-order valence-corrected chi connectivity index (χ2v) is 11.7. The molecule has 4 aromatic rings. The van der Waals surface area contributed by atoms with Crippen LogP contribution in [0.15, 0.2) is 84.6 Å². The highest BCUT2D eigenvalue weighted by atomic mass is 79.9. The van der Waals surface area contributed by atoms with Gasteiger partial charge >= 0.3 is 0 Å². The van der Waals surface area contributed by atoms with Crippen LogP contribution in [0.3, 0.4) is 0 Å². The third-order valence-electron chi connectivity index (χ3n) is 7.39. The minimum Gasteiger partial charge on any atom is -0.487 e. The summed E-state index contributed by atoms with van der Waals surface area (Å²) in [5, 5.41) is 1.19. The molecule has 1 fully saturated rings. The number of benzene rings is 3. The SMILES string of the molecule is Br.CC(=Cc1cc(C)c(Oc2ccc(OCc3ccc(C)cc3)cn2)c(Cl)c1)C(=O)N1CCN(Cc2ccc(Cl)cc2)CC1. The average Bonchev–Trinajstić information content (AvgIpc) is 3.00. The van der Waals surface area contributed by atoms with Gasteiger partial charge in [0.1, 0.15) is 12.4 Å². The van der Waals surface area contributed by atoms with Crippen LogP contribution in [0.1, 0.15) is 34.7 Å². The Balaban J connectivity index is 0.00000442. The van der Waals surface area contributed by atoms with Crippen LogP contribution in [0.25, 0.3) is 6.08 Å². The van der Waals surface area contributed by atoms with Crippen molar-refractivity contribution in [3.8, 4) is 17.4 Å². The number of amides is 1. The maximum absolute atomic E-state index is 13.2. The lowest BCUT2D eigenvalue weighted by molar-refractivity contribution is -0.128. The van der Waals surface area contributed by atoms with Gasteiger partial charge < -0.3 is 14.4 Å². The van der Waals surface area contributed by atoms with E-state index in [2.05, 4.69) is 28.9 Å². The molecule has 44 heavy (non-hydrogen) atoms. The smallest absolute Gasteiger partial charge is 0.249 e. The molecule has 1 saturated heterocycles. The van der Waals surface area contributed by atoms with Gasteiger partial charge in [-0.2, -0.15) is 0 Å². The topological polar surface area (TPSA) is 54.9 Å². The van der Waals surface area contributed by atoms with Crippen molar-refractivity contribution in [2.45, 2.75) is 33.9 Å². The molecule has 1 amide bonds. The van der Waals surface area contributed by atoms with Gasteiger partial charge in [-0.1, -0.05) is 65.2 Å². The summed E-state index contributed by atoms with van der Waals surface area (Å²) in [5.41, 5.74) is 5.87. The van der Waals surface area contributed by atoms with Gasteiger partial charge in [0.2, 0.25) is 11.8 Å². The predicted molar refractivity (Wildman–Crippen MR) is 183 cm³/mol. The number of rotatable bonds is 9. The van der Waals surface area contributed by atoms with E-state index in [-0.39, 0.29) is 22.9 Å². The average molecular weight is 698 g/mol. The summed E-state index contributed by atoms with van der Waals surface area (Å²) in [6.07, 6.45) is 3.51. The fourth-order valence-corrected chi connectivity index (χ4v) is 5.40. The fourth-order valence-electron chi connectivity index (χ4n) is 4.96. The van der Waals surface area contributed by atoms with E-state index >= 15 is 0 Å². The Bertz CT molecular complexity index is 1560. The van der Waals surface area contributed by atoms with Crippen molar-refractivity contribution in [2.24, 2.45) is 0 Å². The van der Waals surface area contributed by atoms with Gasteiger partial charge in [-0.25, -0.2) is 4.98 Å². The molecule has 0 radical (unpaired) electrons. The lowest BCUT2D eigenvalue weighted by Gasteiger charge is -2.35. The van der Waals surface area contributed by atoms with Crippen LogP contribution in [0.2, 0.25) is 10.0 Å². The molecule has 1 aromatic heterocycles. The predicted octanol–water partition coefficient (Wildman–Crippen LogP) is 8.70. The number of hydrogen-bond acceptors (Lipinski definition) is 5. The molecule has 2 heterocycles. The molecule has 0 N–H and O–H groups in total. The molecule has 1 aliphatic rings. The first-order valence-corrected chi connectivity index (χ1v) is 15.1. The first kappa shape index (κ1) is 33.5. The van der Waals surface area contributed by atoms with E-state index in [1.165, 1.54) is 11.1 Å². The summed E-state index contributed by atoms with van der Waals surface area (Å²) in [4.78, 5) is 21.9. The van der Waals surface area contributed by atoms with Crippen molar-refractivity contribution in [1.82, 2.24) is 14.8 Å². The third kappa shape index (κ3) is 9.08. The second kappa shape index (κ2) is 15.6. The summed E-state index contributed by atoms with van der Waals surface area (Å²) in [7, 11) is 0. The first-order chi connectivity index (χ1) is 20.7. The molecule has 0 spiro atoms. The Morgan fingerprint density at radius 2 is 1.59 bits per heavy atom. The molecule has 0 aliphatic carbocycles. The Morgan fingerprint density at radius 3 is 2.23 bits per heavy atom. The van der Waals surface area contributed by atoms with Crippen LogP contribution in [-0.2, 0) is 17.9 Å². The number of nitrogens with zero attached hydrogens (tertiary/aromatic N) is 3. The van der Waals surface area contributed by atoms with Crippen LogP contribution >= 0.6 is 40.2 Å². The number of carbonyl (C=O) groups is 1. The van der Waals surface area contributed by atoms with Gasteiger partial charge in [0, 0.05) is 49.4 Å². The van der Waals surface area contributed by atoms with Crippen LogP contribution in [0.5, 0.6) is 17.4 Å². The van der Waals surface area contributed by atoms with Gasteiger partial charge in [0.25, 0.3) is 0 Å². The zero-order valence-corrected chi connectivity index (χ0v) is 28.3. The van der Waals surface area contributed by atoms with E-state index in [9.17, 15) is 4.79 Å². The summed E-state index contributed by atoms with van der Waals surface area (Å²) >= 11 is 12.6. The lowest BCUT2D eigenvalue weighted by atomic mass is 10.1. The summed E-state index contributed by atoms with van der Waals surface area (Å²) < 4.78 is 11.9. The number of carbonyl (C=O) groups excluding carboxylic acids is 1. The minimum absolute atomic E-state index is 0. The van der Waals surface area contributed by atoms with Gasteiger partial charge in [0.05, 0.1) is 11.2 Å². The number of pyridine rings is 1. The van der Waals surface area contributed by atoms with Crippen LogP contribution in [-0.4, -0.2) is 46.9 Å². The van der Waals surface area contributed by atoms with Gasteiger partial charge in [-0.05, 0) is 79.4 Å². The van der Waals surface area contributed by atoms with Crippen LogP contribution < -0.4 is 9.47 Å². The number of aromatic nitrogens is 1. The minimum atomic E-state index is 0. The molecule has 5 rings (SSSR count). The van der Waals surface area contributed by atoms with E-state index in [1.807, 2.05) is 79.4 Å². The van der Waals surface area contributed by atoms with Gasteiger partial charge in [-0.3, -0.25) is 9.69 Å². The molecule has 0 atom stereocenters. The third-order valence-corrected chi connectivity index (χ3v) is 7.93. The molecule has 1 aliphatic heterocycles. The maximum atomic E-state index is 13.2. The van der Waals surface area contributed by atoms with Gasteiger partial charge in [-0.15, -0.1) is 17.0 Å². The molecular weight excluding hydrogens is 661 g/mol. The quantitative estimate of drug-likeness (QED) is 0.164. The fraction of sp³-hybridized carbons (Fsp3) is 0.257. The van der Waals surface area contributed by atoms with Crippen molar-refractivity contribution >= 4 is 52.2 Å². The van der Waals surface area contributed by atoms with Gasteiger partial charge in [0.15, 0.2) is 5.75 Å². The summed E-state index contributed by atoms with van der Waals surface area (Å²) in [6.45, 7) is 10.2. The molecule has 0 saturated carbocycles. The second-order valence-electron chi connectivity index (χ2n) is 10.9. The zero-order chi connectivity index (χ0) is 30.3. The molecule has 9 heteroatoms. The first-order valence-electron chi connectivity index (χ1n) is 14.3. The Labute approximate surface area is 280 Å². The number of ether oxygens (including phenoxy) is 2. The standard InChI is InChI=1S/C35H35Cl2N3O3.BrH/c1-24-4-6-28(7-5-24)23-42-31-12-13-33(38-21-31)43-34-25(2)18-29(20-32(34)37)19-26(3)35(41)40-16-14-39(15-17-40)22-27-8-10-30(36)11-9-27;/h4-13,18-21H,14-17,22-23H2,1-3H3;1H. The van der Waals surface area contributed by atoms with Crippen LogP contribution in [0, 0.1) is 13.8 Å². The highest BCUT2D eigenvalue weighted by Crippen LogP contribution is 2.34. The molecule has 230 valence electrons. The summed E-state index contributed by atoms with van der Waals surface area (Å²) in [6, 6.07) is 23.5. The van der Waals surface area contributed by atoms with E-state index in [4.69, 9.17) is 32.7 Å². The maximum Gasteiger partial charge on any atom is 0.249 e. The normalized spacial score (nSPS) is 13.8. The zero-order valence-electron chi connectivity index (χ0n) is 25.1. The lowest BCUT2D eigenvalue weighted by Crippen LogP contribution is -2.48. The van der Waals surface area contributed by atoms with E-state index < -0.39 is 0 Å². The number of hydrogen-bond donors (Lipinski definition) is 0. The molecule has 0 unspecified atom stereocenters. The number of halogens is 3. The monoisotopic (exact) mass is 695 g/mol. The Hall–Kier alpha value is -3.36. The molecule has 3 aromatic carbocycles. The van der Waals surface area contributed by atoms with E-state index in [0.29, 0.717) is 47.7 Å². The number of aryl methyl sites for hydroxylation is 2. The molecule has 0 bridgehead atoms. The Kier molecular flexibility index (Phi) is 11.9. The van der Waals surface area contributed by atoms with Crippen molar-refractivity contribution in [3.05, 3.63) is 122 Å². The molecule has 6 nitrogen and oxygen atoms in total. The van der Waals surface area contributed by atoms with Crippen molar-refractivity contribution in [3.63, 3.8) is 0 Å². The largest absolute Gasteiger partial charge is 0.487 e. The number of piperazine rings is 1. The summed E-state index contributed by atoms with van der Waals surface area (Å²) in [5.74, 6) is 1.63.